The third-order valence-electron chi connectivity index (χ3n) is 3.43. The molecule has 0 aliphatic carbocycles. The number of hydrogen-bond acceptors (Lipinski definition) is 4. The van der Waals surface area contributed by atoms with E-state index in [0.29, 0.717) is 18.2 Å². The van der Waals surface area contributed by atoms with E-state index < -0.39 is 0 Å². The summed E-state index contributed by atoms with van der Waals surface area (Å²) in [6.45, 7) is 2.29. The molecule has 0 saturated carbocycles. The second kappa shape index (κ2) is 6.52. The first kappa shape index (κ1) is 13.8. The first-order valence-electron chi connectivity index (χ1n) is 6.67. The number of nitrogens with zero attached hydrogens (tertiary/aromatic N) is 2. The van der Waals surface area contributed by atoms with Gasteiger partial charge in [0.15, 0.2) is 0 Å². The molecule has 5 nitrogen and oxygen atoms in total. The second-order valence-corrected chi connectivity index (χ2v) is 4.87. The predicted octanol–water partition coefficient (Wildman–Crippen LogP) is 1.62. The highest BCUT2D eigenvalue weighted by atomic mass is 16.5. The van der Waals surface area contributed by atoms with Crippen LogP contribution in [0.2, 0.25) is 0 Å². The Kier molecular flexibility index (Phi) is 4.74. The van der Waals surface area contributed by atoms with E-state index in [4.69, 9.17) is 4.74 Å². The number of carbonyl (C=O) groups excluding carboxylic acids is 1. The molecule has 104 valence electrons. The molecule has 1 N–H and O–H groups in total. The van der Waals surface area contributed by atoms with Crippen molar-refractivity contribution in [3.05, 3.63) is 23.9 Å². The lowest BCUT2D eigenvalue weighted by atomic mass is 9.98. The van der Waals surface area contributed by atoms with Gasteiger partial charge in [-0.05, 0) is 30.9 Å². The van der Waals surface area contributed by atoms with E-state index in [1.165, 1.54) is 0 Å². The number of methoxy groups -OCH3 is 1. The Hall–Kier alpha value is -1.62. The normalized spacial score (nSPS) is 19.3. The van der Waals surface area contributed by atoms with Crippen molar-refractivity contribution < 1.29 is 9.53 Å². The Balaban J connectivity index is 2.05. The van der Waals surface area contributed by atoms with Gasteiger partial charge in [0.2, 0.25) is 0 Å². The van der Waals surface area contributed by atoms with Crippen LogP contribution < -0.4 is 5.32 Å². The van der Waals surface area contributed by atoms with Crippen LogP contribution in [0.25, 0.3) is 0 Å². The molecule has 1 atom stereocenters. The molecule has 1 aromatic rings. The molecule has 1 fully saturated rings. The molecule has 1 amide bonds. The minimum atomic E-state index is 0.0119. The van der Waals surface area contributed by atoms with Crippen molar-refractivity contribution in [1.29, 1.82) is 0 Å². The zero-order valence-electron chi connectivity index (χ0n) is 11.6. The van der Waals surface area contributed by atoms with Gasteiger partial charge in [-0.15, -0.1) is 0 Å². The molecule has 1 aliphatic heterocycles. The third-order valence-corrected chi connectivity index (χ3v) is 3.43. The minimum absolute atomic E-state index is 0.0119. The molecular formula is C14H21N3O2. The zero-order valence-corrected chi connectivity index (χ0v) is 11.6. The number of carbonyl (C=O) groups is 1. The molecular weight excluding hydrogens is 242 g/mol. The van der Waals surface area contributed by atoms with Crippen molar-refractivity contribution in [2.24, 2.45) is 5.92 Å². The van der Waals surface area contributed by atoms with Crippen LogP contribution in [-0.2, 0) is 4.74 Å². The lowest BCUT2D eigenvalue weighted by molar-refractivity contribution is 0.0566. The average molecular weight is 263 g/mol. The summed E-state index contributed by atoms with van der Waals surface area (Å²) in [7, 11) is 3.50. The number of amides is 1. The van der Waals surface area contributed by atoms with E-state index in [0.717, 1.165) is 31.7 Å². The fourth-order valence-corrected chi connectivity index (χ4v) is 2.48. The van der Waals surface area contributed by atoms with Crippen molar-refractivity contribution >= 4 is 11.7 Å². The Morgan fingerprint density at radius 1 is 1.58 bits per heavy atom. The summed E-state index contributed by atoms with van der Waals surface area (Å²) in [6, 6.07) is 5.46. The van der Waals surface area contributed by atoms with Crippen LogP contribution in [-0.4, -0.2) is 49.6 Å². The number of hydrogen-bond donors (Lipinski definition) is 1. The van der Waals surface area contributed by atoms with Crippen LogP contribution in [0, 0.1) is 5.92 Å². The van der Waals surface area contributed by atoms with Gasteiger partial charge in [-0.25, -0.2) is 4.98 Å². The number of nitrogens with one attached hydrogen (secondary N) is 1. The first-order valence-corrected chi connectivity index (χ1v) is 6.67. The molecule has 1 unspecified atom stereocenters. The van der Waals surface area contributed by atoms with E-state index in [2.05, 4.69) is 10.3 Å². The predicted molar refractivity (Wildman–Crippen MR) is 74.3 cm³/mol. The van der Waals surface area contributed by atoms with Crippen LogP contribution in [0.4, 0.5) is 5.82 Å². The molecule has 0 bridgehead atoms. The molecule has 2 heterocycles. The summed E-state index contributed by atoms with van der Waals surface area (Å²) >= 11 is 0. The van der Waals surface area contributed by atoms with Gasteiger partial charge < -0.3 is 15.0 Å². The van der Waals surface area contributed by atoms with Crippen LogP contribution >= 0.6 is 0 Å². The van der Waals surface area contributed by atoms with Crippen LogP contribution in [0.3, 0.4) is 0 Å². The van der Waals surface area contributed by atoms with Gasteiger partial charge in [0.25, 0.3) is 5.91 Å². The van der Waals surface area contributed by atoms with Crippen LogP contribution in [0.1, 0.15) is 23.3 Å². The number of ether oxygens (including phenoxy) is 1. The van der Waals surface area contributed by atoms with Gasteiger partial charge in [-0.1, -0.05) is 6.07 Å². The molecule has 2 rings (SSSR count). The number of pyridine rings is 1. The van der Waals surface area contributed by atoms with E-state index in [1.807, 2.05) is 17.0 Å². The van der Waals surface area contributed by atoms with Crippen molar-refractivity contribution in [2.75, 3.05) is 39.2 Å². The van der Waals surface area contributed by atoms with E-state index in [9.17, 15) is 4.79 Å². The summed E-state index contributed by atoms with van der Waals surface area (Å²) in [5, 5.41) is 2.95. The van der Waals surface area contributed by atoms with E-state index in [-0.39, 0.29) is 5.91 Å². The standard InChI is InChI=1S/C14H21N3O2/c1-15-13-7-3-6-12(16-13)14(18)17-8-4-5-11(9-17)10-19-2/h3,6-7,11H,4-5,8-10H2,1-2H3,(H,15,16). The molecule has 0 aromatic carbocycles. The molecule has 19 heavy (non-hydrogen) atoms. The van der Waals surface area contributed by atoms with Gasteiger partial charge >= 0.3 is 0 Å². The van der Waals surface area contributed by atoms with Crippen molar-refractivity contribution in [2.45, 2.75) is 12.8 Å². The van der Waals surface area contributed by atoms with Gasteiger partial charge in [-0.3, -0.25) is 4.79 Å². The lowest BCUT2D eigenvalue weighted by Gasteiger charge is -2.32. The van der Waals surface area contributed by atoms with E-state index >= 15 is 0 Å². The lowest BCUT2D eigenvalue weighted by Crippen LogP contribution is -2.41. The first-order chi connectivity index (χ1) is 9.24. The minimum Gasteiger partial charge on any atom is -0.384 e. The third kappa shape index (κ3) is 3.44. The number of piperidine rings is 1. The smallest absolute Gasteiger partial charge is 0.272 e. The summed E-state index contributed by atoms with van der Waals surface area (Å²) in [4.78, 5) is 18.6. The van der Waals surface area contributed by atoms with Gasteiger partial charge in [0.1, 0.15) is 11.5 Å². The number of rotatable bonds is 4. The Labute approximate surface area is 114 Å². The number of likely N-dealkylation sites (tertiary alicyclic amines) is 1. The quantitative estimate of drug-likeness (QED) is 0.897. The highest BCUT2D eigenvalue weighted by molar-refractivity contribution is 5.92. The van der Waals surface area contributed by atoms with Crippen LogP contribution in [0.5, 0.6) is 0 Å². The van der Waals surface area contributed by atoms with Gasteiger partial charge in [0.05, 0.1) is 6.61 Å². The average Bonchev–Trinajstić information content (AvgIpc) is 2.47. The molecule has 0 spiro atoms. The fourth-order valence-electron chi connectivity index (χ4n) is 2.48. The molecule has 1 saturated heterocycles. The topological polar surface area (TPSA) is 54.5 Å². The summed E-state index contributed by atoms with van der Waals surface area (Å²) in [5.41, 5.74) is 0.505. The Morgan fingerprint density at radius 3 is 3.16 bits per heavy atom. The van der Waals surface area contributed by atoms with Crippen molar-refractivity contribution in [1.82, 2.24) is 9.88 Å². The fraction of sp³-hybridized carbons (Fsp3) is 0.571. The highest BCUT2D eigenvalue weighted by Gasteiger charge is 2.25. The molecule has 1 aromatic heterocycles. The summed E-state index contributed by atoms with van der Waals surface area (Å²) < 4.78 is 5.19. The number of aromatic nitrogens is 1. The summed E-state index contributed by atoms with van der Waals surface area (Å²) in [5.74, 6) is 1.17. The Morgan fingerprint density at radius 2 is 2.42 bits per heavy atom. The molecule has 5 heteroatoms. The molecule has 1 aliphatic rings. The van der Waals surface area contributed by atoms with Crippen molar-refractivity contribution in [3.63, 3.8) is 0 Å². The monoisotopic (exact) mass is 263 g/mol. The second-order valence-electron chi connectivity index (χ2n) is 4.87. The van der Waals surface area contributed by atoms with E-state index in [1.54, 1.807) is 20.2 Å². The largest absolute Gasteiger partial charge is 0.384 e. The maximum absolute atomic E-state index is 12.4. The van der Waals surface area contributed by atoms with Gasteiger partial charge in [0, 0.05) is 27.2 Å². The van der Waals surface area contributed by atoms with Crippen molar-refractivity contribution in [3.8, 4) is 0 Å². The number of anilines is 1. The maximum atomic E-state index is 12.4. The van der Waals surface area contributed by atoms with Gasteiger partial charge in [-0.2, -0.15) is 0 Å². The van der Waals surface area contributed by atoms with Crippen LogP contribution in [0.15, 0.2) is 18.2 Å². The summed E-state index contributed by atoms with van der Waals surface area (Å²) in [6.07, 6.45) is 2.16. The SMILES string of the molecule is CNc1cccc(C(=O)N2CCCC(COC)C2)n1. The molecule has 0 radical (unpaired) electrons. The highest BCUT2D eigenvalue weighted by Crippen LogP contribution is 2.18. The zero-order chi connectivity index (χ0) is 13.7. The maximum Gasteiger partial charge on any atom is 0.272 e. The Bertz CT molecular complexity index is 434.